The summed E-state index contributed by atoms with van der Waals surface area (Å²) in [4.78, 5) is 34.9. The van der Waals surface area contributed by atoms with Crippen LogP contribution >= 0.6 is 15.9 Å². The Morgan fingerprint density at radius 3 is 2.85 bits per heavy atom. The third-order valence-electron chi connectivity index (χ3n) is 4.31. The maximum absolute atomic E-state index is 12.3. The van der Waals surface area contributed by atoms with E-state index in [1.54, 1.807) is 24.2 Å². The SMILES string of the molecule is Cn1c(=O)c(Br)cc2cnc(NC3CCCN(C(=O)OC(C)(C)C)C3)nc21. The van der Waals surface area contributed by atoms with Crippen molar-refractivity contribution in [3.63, 3.8) is 0 Å². The van der Waals surface area contributed by atoms with Crippen LogP contribution in [0.5, 0.6) is 0 Å². The maximum atomic E-state index is 12.3. The highest BCUT2D eigenvalue weighted by Crippen LogP contribution is 2.19. The standard InChI is InChI=1S/C18H24BrN5O3/c1-18(2,3)27-17(26)24-7-5-6-12(10-24)21-16-20-9-11-8-13(19)15(25)23(4)14(11)22-16/h8-9,12H,5-7,10H2,1-4H3,(H,20,21,22). The van der Waals surface area contributed by atoms with Gasteiger partial charge in [-0.15, -0.1) is 0 Å². The molecule has 0 aromatic carbocycles. The Labute approximate surface area is 166 Å². The predicted molar refractivity (Wildman–Crippen MR) is 107 cm³/mol. The highest BCUT2D eigenvalue weighted by atomic mass is 79.9. The number of carbonyl (C=O) groups is 1. The quantitative estimate of drug-likeness (QED) is 0.776. The van der Waals surface area contributed by atoms with Gasteiger partial charge in [-0.05, 0) is 55.6 Å². The number of amides is 1. The molecule has 3 rings (SSSR count). The van der Waals surface area contributed by atoms with Crippen molar-refractivity contribution in [2.45, 2.75) is 45.3 Å². The van der Waals surface area contributed by atoms with Crippen LogP contribution in [0.2, 0.25) is 0 Å². The lowest BCUT2D eigenvalue weighted by molar-refractivity contribution is 0.0206. The number of hydrogen-bond acceptors (Lipinski definition) is 6. The lowest BCUT2D eigenvalue weighted by atomic mass is 10.1. The molecule has 1 aliphatic heterocycles. The van der Waals surface area contributed by atoms with Gasteiger partial charge < -0.3 is 15.0 Å². The van der Waals surface area contributed by atoms with Crippen molar-refractivity contribution >= 4 is 39.0 Å². The molecule has 1 amide bonds. The van der Waals surface area contributed by atoms with Gasteiger partial charge in [0.25, 0.3) is 5.56 Å². The van der Waals surface area contributed by atoms with Crippen LogP contribution in [-0.2, 0) is 11.8 Å². The minimum absolute atomic E-state index is 0.0243. The third kappa shape index (κ3) is 4.58. The fourth-order valence-corrected chi connectivity index (χ4v) is 3.56. The molecule has 8 nitrogen and oxygen atoms in total. The maximum Gasteiger partial charge on any atom is 0.410 e. The molecule has 1 saturated heterocycles. The van der Waals surface area contributed by atoms with Crippen molar-refractivity contribution in [2.24, 2.45) is 7.05 Å². The second-order valence-electron chi connectivity index (χ2n) is 7.74. The normalized spacial score (nSPS) is 17.8. The molecule has 2 aromatic heterocycles. The van der Waals surface area contributed by atoms with Gasteiger partial charge in [0.1, 0.15) is 11.2 Å². The molecule has 2 aromatic rings. The third-order valence-corrected chi connectivity index (χ3v) is 4.88. The van der Waals surface area contributed by atoms with Crippen LogP contribution < -0.4 is 10.9 Å². The predicted octanol–water partition coefficient (Wildman–Crippen LogP) is 2.90. The number of fused-ring (bicyclic) bond motifs is 1. The minimum Gasteiger partial charge on any atom is -0.444 e. The Morgan fingerprint density at radius 2 is 2.15 bits per heavy atom. The molecule has 0 bridgehead atoms. The number of anilines is 1. The number of pyridine rings is 1. The van der Waals surface area contributed by atoms with E-state index in [1.807, 2.05) is 20.8 Å². The van der Waals surface area contributed by atoms with Crippen molar-refractivity contribution in [1.82, 2.24) is 19.4 Å². The molecule has 1 atom stereocenters. The van der Waals surface area contributed by atoms with E-state index in [4.69, 9.17) is 4.74 Å². The molecule has 3 heterocycles. The summed E-state index contributed by atoms with van der Waals surface area (Å²) in [7, 11) is 1.68. The average Bonchev–Trinajstić information content (AvgIpc) is 2.59. The van der Waals surface area contributed by atoms with Gasteiger partial charge in [0.15, 0.2) is 0 Å². The Balaban J connectivity index is 1.75. The molecule has 0 saturated carbocycles. The average molecular weight is 438 g/mol. The van der Waals surface area contributed by atoms with Crippen molar-refractivity contribution in [3.05, 3.63) is 27.1 Å². The zero-order valence-electron chi connectivity index (χ0n) is 16.0. The minimum atomic E-state index is -0.516. The Morgan fingerprint density at radius 1 is 1.41 bits per heavy atom. The number of likely N-dealkylation sites (tertiary alicyclic amines) is 1. The molecule has 0 radical (unpaired) electrons. The number of aromatic nitrogens is 3. The van der Waals surface area contributed by atoms with Gasteiger partial charge in [-0.25, -0.2) is 9.78 Å². The molecule has 1 N–H and O–H groups in total. The Bertz CT molecular complexity index is 922. The fourth-order valence-electron chi connectivity index (χ4n) is 3.05. The molecule has 27 heavy (non-hydrogen) atoms. The van der Waals surface area contributed by atoms with Crippen molar-refractivity contribution in [2.75, 3.05) is 18.4 Å². The summed E-state index contributed by atoms with van der Waals surface area (Å²) < 4.78 is 7.42. The molecular formula is C18H24BrN5O3. The van der Waals surface area contributed by atoms with Crippen LogP contribution in [-0.4, -0.2) is 50.3 Å². The van der Waals surface area contributed by atoms with E-state index in [0.29, 0.717) is 29.2 Å². The van der Waals surface area contributed by atoms with E-state index in [0.717, 1.165) is 18.2 Å². The van der Waals surface area contributed by atoms with Crippen molar-refractivity contribution < 1.29 is 9.53 Å². The summed E-state index contributed by atoms with van der Waals surface area (Å²) in [6, 6.07) is 1.74. The summed E-state index contributed by atoms with van der Waals surface area (Å²) in [6.45, 7) is 6.77. The molecule has 146 valence electrons. The largest absolute Gasteiger partial charge is 0.444 e. The second kappa shape index (κ2) is 7.46. The number of nitrogens with zero attached hydrogens (tertiary/aromatic N) is 4. The molecule has 0 spiro atoms. The lowest BCUT2D eigenvalue weighted by Gasteiger charge is -2.34. The van der Waals surface area contributed by atoms with Crippen molar-refractivity contribution in [1.29, 1.82) is 0 Å². The first-order valence-corrected chi connectivity index (χ1v) is 9.70. The summed E-state index contributed by atoms with van der Waals surface area (Å²) in [5.74, 6) is 0.441. The van der Waals surface area contributed by atoms with E-state index in [1.165, 1.54) is 4.57 Å². The number of aryl methyl sites for hydroxylation is 1. The Hall–Kier alpha value is -2.16. The lowest BCUT2D eigenvalue weighted by Crippen LogP contribution is -2.47. The number of carbonyl (C=O) groups excluding carboxylic acids is 1. The fraction of sp³-hybridized carbons (Fsp3) is 0.556. The molecule has 9 heteroatoms. The first kappa shape index (κ1) is 19.6. The summed E-state index contributed by atoms with van der Waals surface area (Å²) in [5, 5.41) is 4.06. The van der Waals surface area contributed by atoms with Crippen molar-refractivity contribution in [3.8, 4) is 0 Å². The topological polar surface area (TPSA) is 89.4 Å². The van der Waals surface area contributed by atoms with Crippen LogP contribution in [0.15, 0.2) is 21.5 Å². The monoisotopic (exact) mass is 437 g/mol. The van der Waals surface area contributed by atoms with Gasteiger partial charge in [-0.3, -0.25) is 9.36 Å². The molecule has 0 aliphatic carbocycles. The van der Waals surface area contributed by atoms with E-state index < -0.39 is 5.60 Å². The number of nitrogens with one attached hydrogen (secondary N) is 1. The molecule has 1 unspecified atom stereocenters. The summed E-state index contributed by atoms with van der Waals surface area (Å²) in [5.41, 5.74) is -0.112. The summed E-state index contributed by atoms with van der Waals surface area (Å²) in [6.07, 6.45) is 3.15. The number of halogens is 1. The van der Waals surface area contributed by atoms with Gasteiger partial charge in [0.05, 0.1) is 4.47 Å². The Kier molecular flexibility index (Phi) is 5.41. The first-order chi connectivity index (χ1) is 12.6. The zero-order valence-corrected chi connectivity index (χ0v) is 17.5. The highest BCUT2D eigenvalue weighted by Gasteiger charge is 2.28. The second-order valence-corrected chi connectivity index (χ2v) is 8.59. The molecular weight excluding hydrogens is 414 g/mol. The molecule has 1 fully saturated rings. The van der Waals surface area contributed by atoms with Crippen LogP contribution in [0.3, 0.4) is 0 Å². The van der Waals surface area contributed by atoms with E-state index in [-0.39, 0.29) is 17.7 Å². The van der Waals surface area contributed by atoms with Crippen LogP contribution in [0.4, 0.5) is 10.7 Å². The van der Waals surface area contributed by atoms with Crippen LogP contribution in [0.1, 0.15) is 33.6 Å². The first-order valence-electron chi connectivity index (χ1n) is 8.91. The van der Waals surface area contributed by atoms with Crippen LogP contribution in [0.25, 0.3) is 11.0 Å². The van der Waals surface area contributed by atoms with Crippen LogP contribution in [0, 0.1) is 0 Å². The smallest absolute Gasteiger partial charge is 0.410 e. The van der Waals surface area contributed by atoms with Gasteiger partial charge in [0, 0.05) is 37.8 Å². The van der Waals surface area contributed by atoms with E-state index >= 15 is 0 Å². The molecule has 1 aliphatic rings. The number of rotatable bonds is 2. The van der Waals surface area contributed by atoms with Gasteiger partial charge in [0.2, 0.25) is 5.95 Å². The van der Waals surface area contributed by atoms with Gasteiger partial charge in [-0.2, -0.15) is 4.98 Å². The van der Waals surface area contributed by atoms with E-state index in [2.05, 4.69) is 31.2 Å². The zero-order chi connectivity index (χ0) is 19.8. The number of hydrogen-bond donors (Lipinski definition) is 1. The number of ether oxygens (including phenoxy) is 1. The van der Waals surface area contributed by atoms with Gasteiger partial charge >= 0.3 is 6.09 Å². The highest BCUT2D eigenvalue weighted by molar-refractivity contribution is 9.10. The van der Waals surface area contributed by atoms with E-state index in [9.17, 15) is 9.59 Å². The van der Waals surface area contributed by atoms with Gasteiger partial charge in [-0.1, -0.05) is 0 Å². The number of piperidine rings is 1. The summed E-state index contributed by atoms with van der Waals surface area (Å²) >= 11 is 3.25.